The molecule has 4 nitrogen and oxygen atoms in total. The zero-order valence-electron chi connectivity index (χ0n) is 15.4. The van der Waals surface area contributed by atoms with Crippen LogP contribution in [0.4, 0.5) is 0 Å². The van der Waals surface area contributed by atoms with Gasteiger partial charge in [0, 0.05) is 22.0 Å². The first-order valence-corrected chi connectivity index (χ1v) is 10.0. The predicted octanol–water partition coefficient (Wildman–Crippen LogP) is 5.70. The Morgan fingerprint density at radius 3 is 2.64 bits per heavy atom. The van der Waals surface area contributed by atoms with E-state index in [-0.39, 0.29) is 12.3 Å². The van der Waals surface area contributed by atoms with E-state index in [1.807, 2.05) is 36.4 Å². The molecule has 0 amide bonds. The molecule has 2 aliphatic heterocycles. The summed E-state index contributed by atoms with van der Waals surface area (Å²) in [5.41, 5.74) is 4.43. The fraction of sp³-hybridized carbons (Fsp3) is 0.174. The first-order valence-electron chi connectivity index (χ1n) is 9.24. The molecule has 140 valence electrons. The van der Waals surface area contributed by atoms with Crippen LogP contribution in [0, 0.1) is 0 Å². The molecule has 3 aromatic rings. The average Bonchev–Trinajstić information content (AvgIpc) is 3.19. The van der Waals surface area contributed by atoms with Gasteiger partial charge >= 0.3 is 0 Å². The maximum absolute atomic E-state index is 6.39. The van der Waals surface area contributed by atoms with Crippen LogP contribution in [0.15, 0.2) is 82.4 Å². The van der Waals surface area contributed by atoms with Gasteiger partial charge in [0.1, 0.15) is 11.5 Å². The van der Waals surface area contributed by atoms with Gasteiger partial charge in [-0.05, 0) is 48.0 Å². The molecule has 5 heteroatoms. The van der Waals surface area contributed by atoms with Crippen molar-refractivity contribution in [2.75, 3.05) is 7.11 Å². The minimum atomic E-state index is -0.256. The first-order chi connectivity index (χ1) is 13.7. The van der Waals surface area contributed by atoms with Gasteiger partial charge in [-0.25, -0.2) is 5.01 Å². The number of methoxy groups -OCH3 is 1. The number of fused-ring (bicyclic) bond motifs is 3. The van der Waals surface area contributed by atoms with E-state index in [0.717, 1.165) is 39.2 Å². The van der Waals surface area contributed by atoms with Crippen molar-refractivity contribution in [2.24, 2.45) is 5.10 Å². The molecule has 0 saturated heterocycles. The lowest BCUT2D eigenvalue weighted by Crippen LogP contribution is -2.33. The molecule has 0 radical (unpaired) electrons. The molecule has 5 rings (SSSR count). The fourth-order valence-corrected chi connectivity index (χ4v) is 4.29. The highest BCUT2D eigenvalue weighted by atomic mass is 79.9. The molecule has 0 unspecified atom stereocenters. The van der Waals surface area contributed by atoms with E-state index in [1.165, 1.54) is 5.56 Å². The summed E-state index contributed by atoms with van der Waals surface area (Å²) in [6.07, 6.45) is 0.588. The molecular weight excluding hydrogens is 416 g/mol. The highest BCUT2D eigenvalue weighted by Crippen LogP contribution is 2.47. The molecule has 0 aromatic heterocycles. The number of nitrogens with zero attached hydrogens (tertiary/aromatic N) is 2. The van der Waals surface area contributed by atoms with Gasteiger partial charge in [0.05, 0.1) is 18.9 Å². The summed E-state index contributed by atoms with van der Waals surface area (Å²) < 4.78 is 12.7. The molecule has 3 aromatic carbocycles. The van der Waals surface area contributed by atoms with Crippen LogP contribution in [0.5, 0.6) is 11.5 Å². The second-order valence-corrected chi connectivity index (χ2v) is 7.85. The third-order valence-corrected chi connectivity index (χ3v) is 5.75. The van der Waals surface area contributed by atoms with Crippen LogP contribution in [-0.4, -0.2) is 17.8 Å². The highest BCUT2D eigenvalue weighted by Gasteiger charge is 2.40. The van der Waals surface area contributed by atoms with Gasteiger partial charge in [0.15, 0.2) is 0 Å². The number of hydrazone groups is 1. The van der Waals surface area contributed by atoms with E-state index in [9.17, 15) is 0 Å². The van der Waals surface area contributed by atoms with E-state index < -0.39 is 0 Å². The fourth-order valence-electron chi connectivity index (χ4n) is 3.87. The summed E-state index contributed by atoms with van der Waals surface area (Å²) in [7, 11) is 1.68. The summed E-state index contributed by atoms with van der Waals surface area (Å²) in [5, 5.41) is 7.09. The largest absolute Gasteiger partial charge is 0.497 e. The van der Waals surface area contributed by atoms with Crippen molar-refractivity contribution in [3.05, 3.63) is 94.0 Å². The second kappa shape index (κ2) is 6.99. The Morgan fingerprint density at radius 1 is 1.04 bits per heavy atom. The van der Waals surface area contributed by atoms with Crippen molar-refractivity contribution in [1.82, 2.24) is 5.01 Å². The maximum Gasteiger partial charge on any atom is 0.213 e. The highest BCUT2D eigenvalue weighted by molar-refractivity contribution is 9.10. The van der Waals surface area contributed by atoms with Gasteiger partial charge < -0.3 is 9.47 Å². The lowest BCUT2D eigenvalue weighted by Gasteiger charge is -2.38. The van der Waals surface area contributed by atoms with E-state index in [1.54, 1.807) is 7.11 Å². The van der Waals surface area contributed by atoms with E-state index in [4.69, 9.17) is 14.6 Å². The Morgan fingerprint density at radius 2 is 1.86 bits per heavy atom. The Kier molecular flexibility index (Phi) is 4.32. The van der Waals surface area contributed by atoms with Gasteiger partial charge in [0.2, 0.25) is 6.23 Å². The smallest absolute Gasteiger partial charge is 0.213 e. The van der Waals surface area contributed by atoms with Crippen LogP contribution >= 0.6 is 15.9 Å². The summed E-state index contributed by atoms with van der Waals surface area (Å²) >= 11 is 3.57. The number of para-hydroxylation sites is 1. The number of rotatable bonds is 3. The number of hydrogen-bond donors (Lipinski definition) is 0. The molecule has 2 aliphatic rings. The van der Waals surface area contributed by atoms with Crippen LogP contribution in [-0.2, 0) is 0 Å². The number of ether oxygens (including phenoxy) is 2. The van der Waals surface area contributed by atoms with Crippen LogP contribution in [0.25, 0.3) is 0 Å². The van der Waals surface area contributed by atoms with Crippen molar-refractivity contribution >= 4 is 21.6 Å². The number of halogens is 1. The molecule has 0 aliphatic carbocycles. The molecule has 28 heavy (non-hydrogen) atoms. The molecule has 0 fully saturated rings. The van der Waals surface area contributed by atoms with Crippen LogP contribution in [0.3, 0.4) is 0 Å². The normalized spacial score (nSPS) is 20.1. The summed E-state index contributed by atoms with van der Waals surface area (Å²) in [5.74, 6) is 1.78. The van der Waals surface area contributed by atoms with Gasteiger partial charge in [-0.2, -0.15) is 5.10 Å². The number of hydrogen-bond acceptors (Lipinski definition) is 4. The number of benzene rings is 3. The quantitative estimate of drug-likeness (QED) is 0.529. The summed E-state index contributed by atoms with van der Waals surface area (Å²) in [4.78, 5) is 0. The second-order valence-electron chi connectivity index (χ2n) is 6.94. The minimum Gasteiger partial charge on any atom is -0.497 e. The molecule has 0 saturated carbocycles. The third kappa shape index (κ3) is 2.96. The van der Waals surface area contributed by atoms with Crippen LogP contribution < -0.4 is 9.47 Å². The zero-order chi connectivity index (χ0) is 19.1. The molecule has 2 atom stereocenters. The molecule has 2 heterocycles. The molecule has 0 bridgehead atoms. The molecule has 0 spiro atoms. The first kappa shape index (κ1) is 17.3. The Hall–Kier alpha value is -2.79. The standard InChI is InChI=1S/C23H19BrN2O2/c1-27-18-11-9-15(10-12-18)20-14-21-19-7-2-3-8-22(19)28-23(26(21)25-20)16-5-4-6-17(24)13-16/h2-13,21,23H,14H2,1H3/t21-,23+/m0/s1. The SMILES string of the molecule is COc1ccc(C2=NN3[C@@H](c4cccc(Br)c4)Oc4ccccc4[C@@H]3C2)cc1. The van der Waals surface area contributed by atoms with Gasteiger partial charge in [-0.15, -0.1) is 0 Å². The van der Waals surface area contributed by atoms with Gasteiger partial charge in [0.25, 0.3) is 0 Å². The zero-order valence-corrected chi connectivity index (χ0v) is 17.0. The minimum absolute atomic E-state index is 0.158. The van der Waals surface area contributed by atoms with Crippen LogP contribution in [0.2, 0.25) is 0 Å². The van der Waals surface area contributed by atoms with Gasteiger partial charge in [-0.3, -0.25) is 0 Å². The molecular formula is C23H19BrN2O2. The van der Waals surface area contributed by atoms with E-state index in [0.29, 0.717) is 0 Å². The molecule has 0 N–H and O–H groups in total. The average molecular weight is 435 g/mol. The van der Waals surface area contributed by atoms with Crippen molar-refractivity contribution in [3.63, 3.8) is 0 Å². The Bertz CT molecular complexity index is 1050. The van der Waals surface area contributed by atoms with Crippen molar-refractivity contribution < 1.29 is 9.47 Å². The van der Waals surface area contributed by atoms with Crippen molar-refractivity contribution in [2.45, 2.75) is 18.7 Å². The Balaban J connectivity index is 1.57. The summed E-state index contributed by atoms with van der Waals surface area (Å²) in [6.45, 7) is 0. The van der Waals surface area contributed by atoms with Crippen LogP contribution in [0.1, 0.15) is 35.4 Å². The van der Waals surface area contributed by atoms with E-state index >= 15 is 0 Å². The summed E-state index contributed by atoms with van der Waals surface area (Å²) in [6, 6.07) is 24.7. The maximum atomic E-state index is 6.39. The van der Waals surface area contributed by atoms with Crippen molar-refractivity contribution in [1.29, 1.82) is 0 Å². The third-order valence-electron chi connectivity index (χ3n) is 5.26. The monoisotopic (exact) mass is 434 g/mol. The lowest BCUT2D eigenvalue weighted by molar-refractivity contribution is -0.0190. The Labute approximate surface area is 172 Å². The van der Waals surface area contributed by atoms with Gasteiger partial charge in [-0.1, -0.05) is 46.3 Å². The van der Waals surface area contributed by atoms with Crippen molar-refractivity contribution in [3.8, 4) is 11.5 Å². The topological polar surface area (TPSA) is 34.1 Å². The lowest BCUT2D eigenvalue weighted by atomic mass is 9.96. The van der Waals surface area contributed by atoms with E-state index in [2.05, 4.69) is 57.3 Å². The predicted molar refractivity (Wildman–Crippen MR) is 113 cm³/mol.